The van der Waals surface area contributed by atoms with E-state index in [1.54, 1.807) is 0 Å². The van der Waals surface area contributed by atoms with Crippen LogP contribution in [0.25, 0.3) is 0 Å². The fourth-order valence-electron chi connectivity index (χ4n) is 2.20. The molecule has 1 aliphatic carbocycles. The molecule has 2 fully saturated rings. The van der Waals surface area contributed by atoms with Gasteiger partial charge in [0, 0.05) is 18.3 Å². The van der Waals surface area contributed by atoms with Crippen LogP contribution in [0.1, 0.15) is 46.5 Å². The highest BCUT2D eigenvalue weighted by molar-refractivity contribution is 4.89. The standard InChI is InChI=1S/C12H22O3/c1-10(2)8-14-12(15-9-10)6-4-11(3,13)5-7-12/h13H,4-9H2,1-3H3. The average Bonchev–Trinajstić information content (AvgIpc) is 2.15. The van der Waals surface area contributed by atoms with Gasteiger partial charge in [0.1, 0.15) is 0 Å². The predicted molar refractivity (Wildman–Crippen MR) is 57.5 cm³/mol. The molecule has 0 amide bonds. The molecule has 2 aliphatic rings. The molecule has 1 saturated carbocycles. The van der Waals surface area contributed by atoms with E-state index in [4.69, 9.17) is 9.47 Å². The summed E-state index contributed by atoms with van der Waals surface area (Å²) in [6.07, 6.45) is 3.17. The minimum atomic E-state index is -0.523. The van der Waals surface area contributed by atoms with E-state index in [-0.39, 0.29) is 5.41 Å². The van der Waals surface area contributed by atoms with Gasteiger partial charge in [-0.3, -0.25) is 0 Å². The fraction of sp³-hybridized carbons (Fsp3) is 1.00. The predicted octanol–water partition coefficient (Wildman–Crippen LogP) is 2.08. The van der Waals surface area contributed by atoms with Crippen LogP contribution in [-0.4, -0.2) is 29.7 Å². The lowest BCUT2D eigenvalue weighted by Crippen LogP contribution is -2.51. The summed E-state index contributed by atoms with van der Waals surface area (Å²) in [7, 11) is 0. The van der Waals surface area contributed by atoms with Crippen molar-refractivity contribution in [3.63, 3.8) is 0 Å². The Kier molecular flexibility index (Phi) is 2.61. The van der Waals surface area contributed by atoms with Crippen molar-refractivity contribution in [2.24, 2.45) is 5.41 Å². The summed E-state index contributed by atoms with van der Waals surface area (Å²) in [5.74, 6) is -0.391. The summed E-state index contributed by atoms with van der Waals surface area (Å²) in [5.41, 5.74) is -0.393. The molecular formula is C12H22O3. The Balaban J connectivity index is 1.95. The van der Waals surface area contributed by atoms with Crippen molar-refractivity contribution in [2.75, 3.05) is 13.2 Å². The molecule has 88 valence electrons. The first-order valence-electron chi connectivity index (χ1n) is 5.83. The van der Waals surface area contributed by atoms with Crippen molar-refractivity contribution in [3.05, 3.63) is 0 Å². The van der Waals surface area contributed by atoms with Gasteiger partial charge in [-0.25, -0.2) is 0 Å². The van der Waals surface area contributed by atoms with E-state index in [1.807, 2.05) is 6.92 Å². The van der Waals surface area contributed by atoms with Gasteiger partial charge in [-0.05, 0) is 19.8 Å². The zero-order valence-corrected chi connectivity index (χ0v) is 10.0. The Morgan fingerprint density at radius 3 is 1.80 bits per heavy atom. The number of rotatable bonds is 0. The van der Waals surface area contributed by atoms with E-state index in [2.05, 4.69) is 13.8 Å². The third-order valence-corrected chi connectivity index (χ3v) is 3.54. The van der Waals surface area contributed by atoms with Crippen LogP contribution in [0.5, 0.6) is 0 Å². The molecule has 0 unspecified atom stereocenters. The highest BCUT2D eigenvalue weighted by atomic mass is 16.7. The molecule has 3 nitrogen and oxygen atoms in total. The molecule has 2 rings (SSSR count). The summed E-state index contributed by atoms with van der Waals surface area (Å²) in [6, 6.07) is 0. The molecule has 1 saturated heterocycles. The average molecular weight is 214 g/mol. The van der Waals surface area contributed by atoms with Crippen LogP contribution in [0.15, 0.2) is 0 Å². The molecule has 3 heteroatoms. The minimum absolute atomic E-state index is 0.130. The lowest BCUT2D eigenvalue weighted by atomic mass is 9.81. The van der Waals surface area contributed by atoms with Crippen molar-refractivity contribution < 1.29 is 14.6 Å². The monoisotopic (exact) mass is 214 g/mol. The van der Waals surface area contributed by atoms with Gasteiger partial charge >= 0.3 is 0 Å². The van der Waals surface area contributed by atoms with Gasteiger partial charge in [-0.2, -0.15) is 0 Å². The normalized spacial score (nSPS) is 32.8. The summed E-state index contributed by atoms with van der Waals surface area (Å²) in [6.45, 7) is 7.72. The van der Waals surface area contributed by atoms with Gasteiger partial charge < -0.3 is 14.6 Å². The number of ether oxygens (including phenoxy) is 2. The molecule has 1 aliphatic heterocycles. The van der Waals surface area contributed by atoms with Crippen LogP contribution in [0.3, 0.4) is 0 Å². The summed E-state index contributed by atoms with van der Waals surface area (Å²) in [5, 5.41) is 9.88. The molecule has 1 spiro atoms. The van der Waals surface area contributed by atoms with Crippen molar-refractivity contribution in [1.82, 2.24) is 0 Å². The van der Waals surface area contributed by atoms with E-state index in [0.717, 1.165) is 38.9 Å². The van der Waals surface area contributed by atoms with Crippen LogP contribution in [0.4, 0.5) is 0 Å². The van der Waals surface area contributed by atoms with Crippen LogP contribution < -0.4 is 0 Å². The van der Waals surface area contributed by atoms with Crippen LogP contribution >= 0.6 is 0 Å². The minimum Gasteiger partial charge on any atom is -0.390 e. The number of hydrogen-bond donors (Lipinski definition) is 1. The zero-order valence-electron chi connectivity index (χ0n) is 10.0. The van der Waals surface area contributed by atoms with Crippen molar-refractivity contribution in [1.29, 1.82) is 0 Å². The summed E-state index contributed by atoms with van der Waals surface area (Å²) in [4.78, 5) is 0. The van der Waals surface area contributed by atoms with Gasteiger partial charge in [0.05, 0.1) is 18.8 Å². The van der Waals surface area contributed by atoms with Gasteiger partial charge in [0.15, 0.2) is 5.79 Å². The van der Waals surface area contributed by atoms with Gasteiger partial charge in [-0.15, -0.1) is 0 Å². The van der Waals surface area contributed by atoms with E-state index < -0.39 is 11.4 Å². The molecule has 1 N–H and O–H groups in total. The van der Waals surface area contributed by atoms with Crippen molar-refractivity contribution >= 4 is 0 Å². The van der Waals surface area contributed by atoms with Gasteiger partial charge in [0.2, 0.25) is 0 Å². The van der Waals surface area contributed by atoms with E-state index in [0.29, 0.717) is 0 Å². The topological polar surface area (TPSA) is 38.7 Å². The van der Waals surface area contributed by atoms with Gasteiger partial charge in [-0.1, -0.05) is 13.8 Å². The van der Waals surface area contributed by atoms with E-state index in [1.165, 1.54) is 0 Å². The molecule has 0 aromatic rings. The van der Waals surface area contributed by atoms with Crippen molar-refractivity contribution in [2.45, 2.75) is 57.8 Å². The number of aliphatic hydroxyl groups is 1. The second-order valence-corrected chi connectivity index (χ2v) is 6.15. The summed E-state index contributed by atoms with van der Waals surface area (Å²) >= 11 is 0. The lowest BCUT2D eigenvalue weighted by molar-refractivity contribution is -0.318. The second kappa shape index (κ2) is 3.44. The van der Waals surface area contributed by atoms with Crippen LogP contribution in [0, 0.1) is 5.41 Å². The van der Waals surface area contributed by atoms with E-state index >= 15 is 0 Å². The highest BCUT2D eigenvalue weighted by Gasteiger charge is 2.45. The molecule has 1 heterocycles. The SMILES string of the molecule is CC1(C)COC2(CCC(C)(O)CC2)OC1. The molecular weight excluding hydrogens is 192 g/mol. The fourth-order valence-corrected chi connectivity index (χ4v) is 2.20. The number of hydrogen-bond acceptors (Lipinski definition) is 3. The Morgan fingerprint density at radius 1 is 0.867 bits per heavy atom. The van der Waals surface area contributed by atoms with Gasteiger partial charge in [0.25, 0.3) is 0 Å². The summed E-state index contributed by atoms with van der Waals surface area (Å²) < 4.78 is 11.8. The Morgan fingerprint density at radius 2 is 1.33 bits per heavy atom. The first-order valence-corrected chi connectivity index (χ1v) is 5.83. The maximum absolute atomic E-state index is 9.88. The van der Waals surface area contributed by atoms with Crippen LogP contribution in [0.2, 0.25) is 0 Å². The zero-order chi connectivity index (χ0) is 11.2. The first-order chi connectivity index (χ1) is 6.83. The second-order valence-electron chi connectivity index (χ2n) is 6.15. The molecule has 0 bridgehead atoms. The quantitative estimate of drug-likeness (QED) is 0.671. The molecule has 15 heavy (non-hydrogen) atoms. The smallest absolute Gasteiger partial charge is 0.168 e. The molecule has 0 atom stereocenters. The Bertz CT molecular complexity index is 196. The largest absolute Gasteiger partial charge is 0.390 e. The molecule has 0 aromatic carbocycles. The Hall–Kier alpha value is -0.120. The Labute approximate surface area is 91.8 Å². The molecule has 0 aromatic heterocycles. The highest BCUT2D eigenvalue weighted by Crippen LogP contribution is 2.42. The third kappa shape index (κ3) is 2.52. The third-order valence-electron chi connectivity index (χ3n) is 3.54. The van der Waals surface area contributed by atoms with Crippen LogP contribution in [-0.2, 0) is 9.47 Å². The first kappa shape index (κ1) is 11.4. The maximum Gasteiger partial charge on any atom is 0.168 e. The lowest BCUT2D eigenvalue weighted by Gasteiger charge is -2.48. The molecule has 0 radical (unpaired) electrons. The van der Waals surface area contributed by atoms with E-state index in [9.17, 15) is 5.11 Å². The maximum atomic E-state index is 9.88. The van der Waals surface area contributed by atoms with Crippen molar-refractivity contribution in [3.8, 4) is 0 Å².